The molecule has 0 spiro atoms. The SMILES string of the molecule is CC(C)Oc1ccc(NC(=O)c2cccs2)cc1. The molecule has 0 fully saturated rings. The lowest BCUT2D eigenvalue weighted by Crippen LogP contribution is -2.10. The van der Waals surface area contributed by atoms with Crippen LogP contribution in [0.25, 0.3) is 0 Å². The summed E-state index contributed by atoms with van der Waals surface area (Å²) in [6.45, 7) is 3.96. The molecule has 94 valence electrons. The van der Waals surface area contributed by atoms with Crippen LogP contribution in [0.2, 0.25) is 0 Å². The molecule has 1 N–H and O–H groups in total. The van der Waals surface area contributed by atoms with Crippen LogP contribution in [-0.2, 0) is 0 Å². The fourth-order valence-corrected chi connectivity index (χ4v) is 2.11. The van der Waals surface area contributed by atoms with Gasteiger partial charge in [-0.15, -0.1) is 11.3 Å². The molecule has 1 aromatic carbocycles. The van der Waals surface area contributed by atoms with E-state index in [2.05, 4.69) is 5.32 Å². The molecular weight excluding hydrogens is 246 g/mol. The summed E-state index contributed by atoms with van der Waals surface area (Å²) in [4.78, 5) is 12.5. The molecule has 0 radical (unpaired) electrons. The molecule has 0 saturated carbocycles. The van der Waals surface area contributed by atoms with Gasteiger partial charge < -0.3 is 10.1 Å². The molecule has 2 aromatic rings. The van der Waals surface area contributed by atoms with E-state index in [1.165, 1.54) is 11.3 Å². The van der Waals surface area contributed by atoms with Gasteiger partial charge in [-0.05, 0) is 49.6 Å². The van der Waals surface area contributed by atoms with Gasteiger partial charge in [0.05, 0.1) is 11.0 Å². The Bertz CT molecular complexity index is 503. The summed E-state index contributed by atoms with van der Waals surface area (Å²) in [6.07, 6.45) is 0.150. The highest BCUT2D eigenvalue weighted by Gasteiger charge is 2.06. The number of carbonyl (C=O) groups is 1. The Morgan fingerprint density at radius 3 is 2.50 bits per heavy atom. The van der Waals surface area contributed by atoms with Gasteiger partial charge in [0.15, 0.2) is 0 Å². The van der Waals surface area contributed by atoms with E-state index < -0.39 is 0 Å². The lowest BCUT2D eigenvalue weighted by Gasteiger charge is -2.10. The third kappa shape index (κ3) is 3.34. The van der Waals surface area contributed by atoms with E-state index in [9.17, 15) is 4.79 Å². The number of nitrogens with one attached hydrogen (secondary N) is 1. The van der Waals surface area contributed by atoms with Crippen LogP contribution in [0.15, 0.2) is 41.8 Å². The van der Waals surface area contributed by atoms with E-state index >= 15 is 0 Å². The lowest BCUT2D eigenvalue weighted by molar-refractivity contribution is 0.103. The van der Waals surface area contributed by atoms with Crippen molar-refractivity contribution in [3.8, 4) is 5.75 Å². The highest BCUT2D eigenvalue weighted by atomic mass is 32.1. The van der Waals surface area contributed by atoms with Gasteiger partial charge in [0.2, 0.25) is 0 Å². The molecule has 1 aromatic heterocycles. The number of anilines is 1. The maximum absolute atomic E-state index is 11.8. The fourth-order valence-electron chi connectivity index (χ4n) is 1.49. The van der Waals surface area contributed by atoms with E-state index in [4.69, 9.17) is 4.74 Å². The van der Waals surface area contributed by atoms with Gasteiger partial charge in [0, 0.05) is 5.69 Å². The van der Waals surface area contributed by atoms with Gasteiger partial charge in [-0.1, -0.05) is 6.07 Å². The molecule has 1 amide bonds. The van der Waals surface area contributed by atoms with Gasteiger partial charge in [0.1, 0.15) is 5.75 Å². The molecule has 18 heavy (non-hydrogen) atoms. The van der Waals surface area contributed by atoms with Crippen LogP contribution in [-0.4, -0.2) is 12.0 Å². The number of amides is 1. The lowest BCUT2D eigenvalue weighted by atomic mass is 10.3. The molecule has 0 saturated heterocycles. The molecule has 3 nitrogen and oxygen atoms in total. The molecule has 1 heterocycles. The van der Waals surface area contributed by atoms with E-state index in [1.807, 2.05) is 49.6 Å². The van der Waals surface area contributed by atoms with Crippen LogP contribution >= 0.6 is 11.3 Å². The topological polar surface area (TPSA) is 38.3 Å². The number of carbonyl (C=O) groups excluding carboxylic acids is 1. The predicted molar refractivity (Wildman–Crippen MR) is 74.5 cm³/mol. The number of hydrogen-bond acceptors (Lipinski definition) is 3. The second-order valence-electron chi connectivity index (χ2n) is 4.12. The molecule has 2 rings (SSSR count). The third-order valence-corrected chi connectivity index (χ3v) is 3.10. The van der Waals surface area contributed by atoms with Crippen LogP contribution in [0.4, 0.5) is 5.69 Å². The first kappa shape index (κ1) is 12.6. The average Bonchev–Trinajstić information content (AvgIpc) is 2.84. The van der Waals surface area contributed by atoms with Gasteiger partial charge in [-0.25, -0.2) is 0 Å². The number of benzene rings is 1. The standard InChI is InChI=1S/C14H15NO2S/c1-10(2)17-12-7-5-11(6-8-12)15-14(16)13-4-3-9-18-13/h3-10H,1-2H3,(H,15,16). The Labute approximate surface area is 110 Å². The largest absolute Gasteiger partial charge is 0.491 e. The van der Waals surface area contributed by atoms with Crippen molar-refractivity contribution in [2.24, 2.45) is 0 Å². The van der Waals surface area contributed by atoms with Gasteiger partial charge in [0.25, 0.3) is 5.91 Å². The van der Waals surface area contributed by atoms with Crippen molar-refractivity contribution in [2.75, 3.05) is 5.32 Å². The van der Waals surface area contributed by atoms with Crippen molar-refractivity contribution in [1.82, 2.24) is 0 Å². The molecule has 0 bridgehead atoms. The zero-order chi connectivity index (χ0) is 13.0. The zero-order valence-corrected chi connectivity index (χ0v) is 11.2. The first-order valence-electron chi connectivity index (χ1n) is 5.77. The minimum Gasteiger partial charge on any atom is -0.491 e. The molecule has 0 atom stereocenters. The minimum atomic E-state index is -0.0810. The second kappa shape index (κ2) is 5.69. The average molecular weight is 261 g/mol. The number of ether oxygens (including phenoxy) is 1. The van der Waals surface area contributed by atoms with Crippen molar-refractivity contribution in [3.63, 3.8) is 0 Å². The maximum atomic E-state index is 11.8. The van der Waals surface area contributed by atoms with E-state index in [0.717, 1.165) is 11.4 Å². The summed E-state index contributed by atoms with van der Waals surface area (Å²) in [5.41, 5.74) is 0.768. The zero-order valence-electron chi connectivity index (χ0n) is 10.3. The molecular formula is C14H15NO2S. The van der Waals surface area contributed by atoms with Crippen molar-refractivity contribution >= 4 is 22.9 Å². The van der Waals surface area contributed by atoms with Crippen LogP contribution in [0.1, 0.15) is 23.5 Å². The smallest absolute Gasteiger partial charge is 0.265 e. The van der Waals surface area contributed by atoms with Gasteiger partial charge >= 0.3 is 0 Å². The number of thiophene rings is 1. The van der Waals surface area contributed by atoms with Crippen LogP contribution < -0.4 is 10.1 Å². The monoisotopic (exact) mass is 261 g/mol. The quantitative estimate of drug-likeness (QED) is 0.909. The highest BCUT2D eigenvalue weighted by molar-refractivity contribution is 7.12. The van der Waals surface area contributed by atoms with E-state index in [1.54, 1.807) is 6.07 Å². The predicted octanol–water partition coefficient (Wildman–Crippen LogP) is 3.79. The van der Waals surface area contributed by atoms with Crippen molar-refractivity contribution in [3.05, 3.63) is 46.7 Å². The van der Waals surface area contributed by atoms with E-state index in [-0.39, 0.29) is 12.0 Å². The normalized spacial score (nSPS) is 10.4. The summed E-state index contributed by atoms with van der Waals surface area (Å²) in [5.74, 6) is 0.724. The number of rotatable bonds is 4. The Morgan fingerprint density at radius 1 is 1.22 bits per heavy atom. The van der Waals surface area contributed by atoms with Crippen LogP contribution in [0.5, 0.6) is 5.75 Å². The van der Waals surface area contributed by atoms with Crippen molar-refractivity contribution in [2.45, 2.75) is 20.0 Å². The fraction of sp³-hybridized carbons (Fsp3) is 0.214. The Kier molecular flexibility index (Phi) is 3.99. The highest BCUT2D eigenvalue weighted by Crippen LogP contribution is 2.18. The van der Waals surface area contributed by atoms with E-state index in [0.29, 0.717) is 4.88 Å². The maximum Gasteiger partial charge on any atom is 0.265 e. The van der Waals surface area contributed by atoms with Crippen molar-refractivity contribution in [1.29, 1.82) is 0 Å². The molecule has 4 heteroatoms. The molecule has 0 aliphatic heterocycles. The van der Waals surface area contributed by atoms with Crippen LogP contribution in [0, 0.1) is 0 Å². The van der Waals surface area contributed by atoms with Gasteiger partial charge in [-0.2, -0.15) is 0 Å². The first-order valence-corrected chi connectivity index (χ1v) is 6.64. The summed E-state index contributed by atoms with van der Waals surface area (Å²) in [6, 6.07) is 11.0. The third-order valence-electron chi connectivity index (χ3n) is 2.23. The Balaban J connectivity index is 2.00. The summed E-state index contributed by atoms with van der Waals surface area (Å²) in [5, 5.41) is 4.72. The summed E-state index contributed by atoms with van der Waals surface area (Å²) < 4.78 is 5.54. The molecule has 0 aliphatic rings. The number of hydrogen-bond donors (Lipinski definition) is 1. The summed E-state index contributed by atoms with van der Waals surface area (Å²) in [7, 11) is 0. The first-order chi connectivity index (χ1) is 8.65. The summed E-state index contributed by atoms with van der Waals surface area (Å²) >= 11 is 1.43. The minimum absolute atomic E-state index is 0.0810. The van der Waals surface area contributed by atoms with Crippen LogP contribution in [0.3, 0.4) is 0 Å². The van der Waals surface area contributed by atoms with Gasteiger partial charge in [-0.3, -0.25) is 4.79 Å². The molecule has 0 unspecified atom stereocenters. The molecule has 0 aliphatic carbocycles. The van der Waals surface area contributed by atoms with Crippen molar-refractivity contribution < 1.29 is 9.53 Å². The Morgan fingerprint density at radius 2 is 1.94 bits per heavy atom. The second-order valence-corrected chi connectivity index (χ2v) is 5.07. The Hall–Kier alpha value is -1.81.